The molecule has 3 aliphatic heterocycles. The first-order valence-electron chi connectivity index (χ1n) is 10.3. The number of hydrogen-bond acceptors (Lipinski definition) is 4. The van der Waals surface area contributed by atoms with E-state index >= 15 is 0 Å². The van der Waals surface area contributed by atoms with E-state index in [1.54, 1.807) is 0 Å². The fourth-order valence-corrected chi connectivity index (χ4v) is 6.05. The number of hydrogen-bond donors (Lipinski definition) is 1. The van der Waals surface area contributed by atoms with Crippen LogP contribution in [0.25, 0.3) is 0 Å². The van der Waals surface area contributed by atoms with Crippen LogP contribution in [0, 0.1) is 0 Å². The smallest absolute Gasteiger partial charge is 0.224 e. The Bertz CT molecular complexity index is 828. The van der Waals surface area contributed by atoms with Crippen molar-refractivity contribution in [3.63, 3.8) is 0 Å². The lowest BCUT2D eigenvalue weighted by Crippen LogP contribution is -2.49. The Kier molecular flexibility index (Phi) is 4.81. The van der Waals surface area contributed by atoms with Crippen LogP contribution in [0.3, 0.4) is 0 Å². The van der Waals surface area contributed by atoms with Crippen molar-refractivity contribution in [3.8, 4) is 0 Å². The highest BCUT2D eigenvalue weighted by Gasteiger charge is 2.36. The zero-order chi connectivity index (χ0) is 19.1. The van der Waals surface area contributed by atoms with Crippen molar-refractivity contribution in [2.24, 2.45) is 0 Å². The number of para-hydroxylation sites is 2. The van der Waals surface area contributed by atoms with E-state index in [0.717, 1.165) is 19.4 Å². The van der Waals surface area contributed by atoms with Gasteiger partial charge in [-0.3, -0.25) is 4.79 Å². The summed E-state index contributed by atoms with van der Waals surface area (Å²) in [5.41, 5.74) is 2.42. The fourth-order valence-electron chi connectivity index (χ4n) is 4.95. The Morgan fingerprint density at radius 3 is 2.21 bits per heavy atom. The number of fused-ring (bicyclic) bond motifs is 4. The number of carbonyl (C=O) groups excluding carboxylic acids is 1. The van der Waals surface area contributed by atoms with E-state index in [0.29, 0.717) is 24.5 Å². The average Bonchev–Trinajstić information content (AvgIpc) is 3.07. The molecule has 2 unspecified atom stereocenters. The first kappa shape index (κ1) is 18.1. The SMILES string of the molecule is CN(C(=O)CCN1c2ccccc2Sc2ccccc21)C1CC2CCC(C1)N2. The Morgan fingerprint density at radius 2 is 1.61 bits per heavy atom. The van der Waals surface area contributed by atoms with Gasteiger partial charge in [0, 0.05) is 47.9 Å². The minimum atomic E-state index is 0.263. The molecule has 0 spiro atoms. The van der Waals surface area contributed by atoms with Crippen LogP contribution in [0.4, 0.5) is 11.4 Å². The topological polar surface area (TPSA) is 35.6 Å². The van der Waals surface area contributed by atoms with Crippen LogP contribution >= 0.6 is 11.8 Å². The molecule has 3 heterocycles. The van der Waals surface area contributed by atoms with Crippen LogP contribution in [0.1, 0.15) is 32.1 Å². The summed E-state index contributed by atoms with van der Waals surface area (Å²) in [5, 5.41) is 3.67. The van der Waals surface area contributed by atoms with Gasteiger partial charge in [-0.25, -0.2) is 0 Å². The second-order valence-electron chi connectivity index (χ2n) is 8.21. The lowest BCUT2D eigenvalue weighted by Gasteiger charge is -2.37. The Hall–Kier alpha value is -1.98. The van der Waals surface area contributed by atoms with Crippen molar-refractivity contribution < 1.29 is 4.79 Å². The zero-order valence-corrected chi connectivity index (χ0v) is 17.1. The van der Waals surface area contributed by atoms with E-state index in [1.807, 2.05) is 23.7 Å². The molecule has 5 heteroatoms. The van der Waals surface area contributed by atoms with Gasteiger partial charge in [0.1, 0.15) is 0 Å². The summed E-state index contributed by atoms with van der Waals surface area (Å²) in [6, 6.07) is 18.6. The number of carbonyl (C=O) groups is 1. The van der Waals surface area contributed by atoms with E-state index in [1.165, 1.54) is 34.0 Å². The Balaban J connectivity index is 1.30. The Labute approximate surface area is 171 Å². The van der Waals surface area contributed by atoms with Crippen LogP contribution in [0.2, 0.25) is 0 Å². The first-order chi connectivity index (χ1) is 13.7. The third-order valence-corrected chi connectivity index (χ3v) is 7.60. The standard InChI is InChI=1S/C23H27N3OS/c1-25(18-14-16-10-11-17(15-18)24-16)23(27)12-13-26-19-6-2-4-8-21(19)28-22-9-5-3-7-20(22)26/h2-9,16-18,24H,10-15H2,1H3. The largest absolute Gasteiger partial charge is 0.343 e. The number of nitrogens with zero attached hydrogens (tertiary/aromatic N) is 2. The molecular formula is C23H27N3OS. The van der Waals surface area contributed by atoms with E-state index in [-0.39, 0.29) is 5.91 Å². The van der Waals surface area contributed by atoms with Crippen LogP contribution < -0.4 is 10.2 Å². The van der Waals surface area contributed by atoms with Gasteiger partial charge in [0.15, 0.2) is 0 Å². The lowest BCUT2D eigenvalue weighted by atomic mass is 9.98. The molecule has 0 aromatic heterocycles. The van der Waals surface area contributed by atoms with Gasteiger partial charge in [-0.05, 0) is 49.9 Å². The third kappa shape index (κ3) is 3.31. The van der Waals surface area contributed by atoms with Gasteiger partial charge < -0.3 is 15.1 Å². The van der Waals surface area contributed by atoms with E-state index in [9.17, 15) is 4.79 Å². The molecule has 1 amide bonds. The molecule has 5 rings (SSSR count). The molecule has 2 fully saturated rings. The Morgan fingerprint density at radius 1 is 1.04 bits per heavy atom. The summed E-state index contributed by atoms with van der Waals surface area (Å²) in [5.74, 6) is 0.263. The maximum Gasteiger partial charge on any atom is 0.224 e. The van der Waals surface area contributed by atoms with Gasteiger partial charge in [0.2, 0.25) is 5.91 Å². The monoisotopic (exact) mass is 393 g/mol. The number of rotatable bonds is 4. The number of amides is 1. The summed E-state index contributed by atoms with van der Waals surface area (Å²) in [6.45, 7) is 0.718. The molecule has 4 nitrogen and oxygen atoms in total. The number of anilines is 2. The summed E-state index contributed by atoms with van der Waals surface area (Å²) in [7, 11) is 2.01. The average molecular weight is 394 g/mol. The zero-order valence-electron chi connectivity index (χ0n) is 16.3. The van der Waals surface area contributed by atoms with Crippen LogP contribution in [-0.4, -0.2) is 42.5 Å². The van der Waals surface area contributed by atoms with Crippen molar-refractivity contribution in [1.29, 1.82) is 0 Å². The molecule has 1 N–H and O–H groups in total. The van der Waals surface area contributed by atoms with Crippen LogP contribution in [-0.2, 0) is 4.79 Å². The molecule has 0 saturated carbocycles. The van der Waals surface area contributed by atoms with E-state index < -0.39 is 0 Å². The highest BCUT2D eigenvalue weighted by atomic mass is 32.2. The molecule has 146 valence electrons. The molecule has 28 heavy (non-hydrogen) atoms. The second-order valence-corrected chi connectivity index (χ2v) is 9.29. The molecule has 2 aromatic rings. The predicted octanol–water partition coefficient (Wildman–Crippen LogP) is 4.42. The number of nitrogens with one attached hydrogen (secondary N) is 1. The number of piperidine rings is 1. The lowest BCUT2D eigenvalue weighted by molar-refractivity contribution is -0.132. The summed E-state index contributed by atoms with van der Waals surface area (Å²) < 4.78 is 0. The summed E-state index contributed by atoms with van der Waals surface area (Å²) >= 11 is 1.81. The van der Waals surface area contributed by atoms with Gasteiger partial charge in [-0.2, -0.15) is 0 Å². The molecule has 2 saturated heterocycles. The number of benzene rings is 2. The van der Waals surface area contributed by atoms with Crippen molar-refractivity contribution in [2.75, 3.05) is 18.5 Å². The highest BCUT2D eigenvalue weighted by molar-refractivity contribution is 7.99. The molecule has 2 bridgehead atoms. The van der Waals surface area contributed by atoms with E-state index in [2.05, 4.69) is 58.7 Å². The first-order valence-corrected chi connectivity index (χ1v) is 11.2. The molecule has 2 atom stereocenters. The van der Waals surface area contributed by atoms with E-state index in [4.69, 9.17) is 0 Å². The normalized spacial score (nSPS) is 25.2. The van der Waals surface area contributed by atoms with Gasteiger partial charge in [0.05, 0.1) is 11.4 Å². The maximum atomic E-state index is 13.0. The maximum absolute atomic E-state index is 13.0. The summed E-state index contributed by atoms with van der Waals surface area (Å²) in [6.07, 6.45) is 5.28. The minimum Gasteiger partial charge on any atom is -0.343 e. The third-order valence-electron chi connectivity index (χ3n) is 6.47. The molecular weight excluding hydrogens is 366 g/mol. The summed E-state index contributed by atoms with van der Waals surface area (Å²) in [4.78, 5) is 19.9. The van der Waals surface area contributed by atoms with Crippen molar-refractivity contribution in [1.82, 2.24) is 10.2 Å². The highest BCUT2D eigenvalue weighted by Crippen LogP contribution is 2.47. The second kappa shape index (κ2) is 7.45. The predicted molar refractivity (Wildman–Crippen MR) is 114 cm³/mol. The van der Waals surface area contributed by atoms with Crippen LogP contribution in [0.15, 0.2) is 58.3 Å². The molecule has 0 aliphatic carbocycles. The fraction of sp³-hybridized carbons (Fsp3) is 0.435. The van der Waals surface area contributed by atoms with Gasteiger partial charge in [-0.15, -0.1) is 0 Å². The van der Waals surface area contributed by atoms with Crippen molar-refractivity contribution in [3.05, 3.63) is 48.5 Å². The van der Waals surface area contributed by atoms with Gasteiger partial charge in [-0.1, -0.05) is 36.0 Å². The minimum absolute atomic E-state index is 0.263. The molecule has 0 radical (unpaired) electrons. The van der Waals surface area contributed by atoms with Crippen molar-refractivity contribution in [2.45, 2.75) is 60.0 Å². The molecule has 2 aromatic carbocycles. The van der Waals surface area contributed by atoms with Gasteiger partial charge in [0.25, 0.3) is 0 Å². The van der Waals surface area contributed by atoms with Crippen LogP contribution in [0.5, 0.6) is 0 Å². The van der Waals surface area contributed by atoms with Crippen molar-refractivity contribution >= 4 is 29.0 Å². The molecule has 3 aliphatic rings. The quantitative estimate of drug-likeness (QED) is 0.834. The van der Waals surface area contributed by atoms with Gasteiger partial charge >= 0.3 is 0 Å².